The molecule has 4 rings (SSSR count). The molecular weight excluding hydrogens is 380 g/mol. The number of carbonyl (C=O) groups excluding carboxylic acids is 1. The van der Waals surface area contributed by atoms with Crippen molar-refractivity contribution in [3.63, 3.8) is 0 Å². The lowest BCUT2D eigenvalue weighted by Gasteiger charge is -2.24. The van der Waals surface area contributed by atoms with Gasteiger partial charge in [0.2, 0.25) is 0 Å². The van der Waals surface area contributed by atoms with Gasteiger partial charge in [-0.05, 0) is 30.7 Å². The molecule has 0 unspecified atom stereocenters. The lowest BCUT2D eigenvalue weighted by atomic mass is 10.1. The van der Waals surface area contributed by atoms with Crippen LogP contribution in [-0.4, -0.2) is 45.4 Å². The summed E-state index contributed by atoms with van der Waals surface area (Å²) in [6, 6.07) is 9.49. The molecule has 2 N–H and O–H groups in total. The Labute approximate surface area is 168 Å². The quantitative estimate of drug-likeness (QED) is 0.698. The number of rotatable bonds is 4. The number of anilines is 1. The van der Waals surface area contributed by atoms with E-state index >= 15 is 0 Å². The second-order valence-corrected chi connectivity index (χ2v) is 6.31. The van der Waals surface area contributed by atoms with E-state index in [9.17, 15) is 4.79 Å². The van der Waals surface area contributed by atoms with E-state index in [-0.39, 0.29) is 24.4 Å². The maximum atomic E-state index is 12.5. The third kappa shape index (κ3) is 4.53. The fourth-order valence-electron chi connectivity index (χ4n) is 2.86. The number of hydrogen-bond donors (Lipinski definition) is 2. The Morgan fingerprint density at radius 2 is 2.11 bits per heavy atom. The van der Waals surface area contributed by atoms with E-state index in [0.29, 0.717) is 23.8 Å². The van der Waals surface area contributed by atoms with E-state index in [1.165, 1.54) is 10.9 Å². The summed E-state index contributed by atoms with van der Waals surface area (Å²) in [6.45, 7) is 4.26. The fourth-order valence-corrected chi connectivity index (χ4v) is 2.86. The van der Waals surface area contributed by atoms with Gasteiger partial charge in [0.1, 0.15) is 0 Å². The molecule has 0 aliphatic carbocycles. The van der Waals surface area contributed by atoms with E-state index < -0.39 is 0 Å². The summed E-state index contributed by atoms with van der Waals surface area (Å²) in [5.74, 6) is 0.191. The van der Waals surface area contributed by atoms with Gasteiger partial charge in [-0.2, -0.15) is 5.10 Å². The summed E-state index contributed by atoms with van der Waals surface area (Å²) in [6.07, 6.45) is 4.82. The van der Waals surface area contributed by atoms with Crippen molar-refractivity contribution in [2.75, 3.05) is 25.0 Å². The summed E-state index contributed by atoms with van der Waals surface area (Å²) in [5.41, 5.74) is 3.07. The molecule has 3 aromatic rings. The van der Waals surface area contributed by atoms with Crippen LogP contribution in [0.4, 0.5) is 5.69 Å². The third-order valence-electron chi connectivity index (χ3n) is 4.30. The summed E-state index contributed by atoms with van der Waals surface area (Å²) in [5, 5.41) is 10.4. The zero-order valence-electron chi connectivity index (χ0n) is 15.3. The van der Waals surface area contributed by atoms with Crippen LogP contribution in [0.15, 0.2) is 48.9 Å². The molecule has 3 heterocycles. The molecule has 1 atom stereocenters. The minimum absolute atomic E-state index is 0. The zero-order chi connectivity index (χ0) is 18.6. The first-order chi connectivity index (χ1) is 13.2. The SMILES string of the molecule is Cc1ccnc(-n2cc(C(=O)Nc3ccc([C@H]4CNCCO4)cc3)cn2)n1.Cl. The number of aryl methyl sites for hydroxylation is 1. The minimum atomic E-state index is -0.239. The third-order valence-corrected chi connectivity index (χ3v) is 4.30. The number of benzene rings is 1. The maximum Gasteiger partial charge on any atom is 0.258 e. The second kappa shape index (κ2) is 8.92. The van der Waals surface area contributed by atoms with Crippen LogP contribution in [0.25, 0.3) is 5.95 Å². The largest absolute Gasteiger partial charge is 0.371 e. The molecule has 0 radical (unpaired) electrons. The Hall–Kier alpha value is -2.81. The molecule has 0 saturated carbocycles. The number of aromatic nitrogens is 4. The number of hydrogen-bond acceptors (Lipinski definition) is 6. The second-order valence-electron chi connectivity index (χ2n) is 6.31. The summed E-state index contributed by atoms with van der Waals surface area (Å²) in [4.78, 5) is 20.9. The standard InChI is InChI=1S/C19H20N6O2.ClH/c1-13-6-7-21-19(23-13)25-12-15(10-22-25)18(26)24-16-4-2-14(3-5-16)17-11-20-8-9-27-17;/h2-7,10,12,17,20H,8-9,11H2,1H3,(H,24,26);1H/t17-;/m1./s1. The molecule has 2 aromatic heterocycles. The van der Waals surface area contributed by atoms with Crippen molar-refractivity contribution in [2.24, 2.45) is 0 Å². The molecule has 1 fully saturated rings. The lowest BCUT2D eigenvalue weighted by molar-refractivity contribution is 0.0277. The molecule has 28 heavy (non-hydrogen) atoms. The van der Waals surface area contributed by atoms with Gasteiger partial charge in [0.25, 0.3) is 11.9 Å². The van der Waals surface area contributed by atoms with E-state index in [4.69, 9.17) is 4.74 Å². The average molecular weight is 401 g/mol. The molecule has 1 amide bonds. The van der Waals surface area contributed by atoms with Crippen molar-refractivity contribution in [2.45, 2.75) is 13.0 Å². The van der Waals surface area contributed by atoms with Crippen molar-refractivity contribution >= 4 is 24.0 Å². The number of morpholine rings is 1. The first-order valence-corrected chi connectivity index (χ1v) is 8.77. The van der Waals surface area contributed by atoms with Crippen molar-refractivity contribution in [1.82, 2.24) is 25.1 Å². The van der Waals surface area contributed by atoms with Crippen LogP contribution >= 0.6 is 12.4 Å². The van der Waals surface area contributed by atoms with E-state index in [0.717, 1.165) is 24.3 Å². The van der Waals surface area contributed by atoms with Gasteiger partial charge < -0.3 is 15.4 Å². The van der Waals surface area contributed by atoms with Crippen LogP contribution in [0.1, 0.15) is 27.7 Å². The molecule has 1 saturated heterocycles. The van der Waals surface area contributed by atoms with Crippen LogP contribution in [0.3, 0.4) is 0 Å². The number of nitrogens with one attached hydrogen (secondary N) is 2. The number of halogens is 1. The first-order valence-electron chi connectivity index (χ1n) is 8.77. The maximum absolute atomic E-state index is 12.5. The highest BCUT2D eigenvalue weighted by atomic mass is 35.5. The molecule has 146 valence electrons. The number of carbonyl (C=O) groups is 1. The molecule has 1 aliphatic heterocycles. The van der Waals surface area contributed by atoms with Crippen molar-refractivity contribution in [1.29, 1.82) is 0 Å². The molecule has 9 heteroatoms. The van der Waals surface area contributed by atoms with Gasteiger partial charge in [0, 0.05) is 36.9 Å². The number of amides is 1. The topological polar surface area (TPSA) is 94.0 Å². The van der Waals surface area contributed by atoms with Gasteiger partial charge in [-0.25, -0.2) is 14.6 Å². The molecule has 8 nitrogen and oxygen atoms in total. The van der Waals surface area contributed by atoms with Crippen LogP contribution in [0, 0.1) is 6.92 Å². The van der Waals surface area contributed by atoms with Crippen molar-refractivity contribution in [3.05, 3.63) is 65.7 Å². The van der Waals surface area contributed by atoms with Crippen molar-refractivity contribution < 1.29 is 9.53 Å². The molecular formula is C19H21ClN6O2. The zero-order valence-corrected chi connectivity index (χ0v) is 16.1. The summed E-state index contributed by atoms with van der Waals surface area (Å²) < 4.78 is 7.22. The van der Waals surface area contributed by atoms with Gasteiger partial charge in [0.15, 0.2) is 0 Å². The Bertz CT molecular complexity index is 938. The highest BCUT2D eigenvalue weighted by Gasteiger charge is 2.16. The highest BCUT2D eigenvalue weighted by molar-refractivity contribution is 6.03. The Kier molecular flexibility index (Phi) is 6.35. The van der Waals surface area contributed by atoms with E-state index in [1.807, 2.05) is 31.2 Å². The van der Waals surface area contributed by atoms with Gasteiger partial charge in [-0.1, -0.05) is 12.1 Å². The van der Waals surface area contributed by atoms with Crippen LogP contribution < -0.4 is 10.6 Å². The number of ether oxygens (including phenoxy) is 1. The highest BCUT2D eigenvalue weighted by Crippen LogP contribution is 2.21. The van der Waals surface area contributed by atoms with Crippen molar-refractivity contribution in [3.8, 4) is 5.95 Å². The average Bonchev–Trinajstić information content (AvgIpc) is 3.20. The van der Waals surface area contributed by atoms with Gasteiger partial charge in [0.05, 0.1) is 24.5 Å². The van der Waals surface area contributed by atoms with Gasteiger partial charge >= 0.3 is 0 Å². The Balaban J connectivity index is 0.00000225. The Morgan fingerprint density at radius 3 is 2.82 bits per heavy atom. The normalized spacial score (nSPS) is 16.2. The first kappa shape index (κ1) is 19.9. The summed E-state index contributed by atoms with van der Waals surface area (Å²) in [7, 11) is 0. The van der Waals surface area contributed by atoms with E-state index in [1.54, 1.807) is 18.5 Å². The lowest BCUT2D eigenvalue weighted by Crippen LogP contribution is -2.33. The monoisotopic (exact) mass is 400 g/mol. The predicted octanol–water partition coefficient (Wildman–Crippen LogP) is 2.31. The van der Waals surface area contributed by atoms with Crippen LogP contribution in [-0.2, 0) is 4.74 Å². The minimum Gasteiger partial charge on any atom is -0.371 e. The summed E-state index contributed by atoms with van der Waals surface area (Å²) >= 11 is 0. The smallest absolute Gasteiger partial charge is 0.258 e. The van der Waals surface area contributed by atoms with Gasteiger partial charge in [-0.15, -0.1) is 12.4 Å². The number of nitrogens with zero attached hydrogens (tertiary/aromatic N) is 4. The van der Waals surface area contributed by atoms with E-state index in [2.05, 4.69) is 25.7 Å². The molecule has 1 aromatic carbocycles. The van der Waals surface area contributed by atoms with Gasteiger partial charge in [-0.3, -0.25) is 4.79 Å². The van der Waals surface area contributed by atoms with Crippen LogP contribution in [0.5, 0.6) is 0 Å². The molecule has 0 spiro atoms. The predicted molar refractivity (Wildman–Crippen MR) is 107 cm³/mol. The van der Waals surface area contributed by atoms with Crippen LogP contribution in [0.2, 0.25) is 0 Å². The Morgan fingerprint density at radius 1 is 1.29 bits per heavy atom. The molecule has 1 aliphatic rings. The molecule has 0 bridgehead atoms. The fraction of sp³-hybridized carbons (Fsp3) is 0.263.